The highest BCUT2D eigenvalue weighted by molar-refractivity contribution is 7.89. The highest BCUT2D eigenvalue weighted by atomic mass is 32.2. The van der Waals surface area contributed by atoms with Crippen LogP contribution in [-0.4, -0.2) is 58.0 Å². The van der Waals surface area contributed by atoms with Gasteiger partial charge in [0, 0.05) is 36.4 Å². The molecule has 0 aromatic heterocycles. The largest absolute Gasteiger partial charge is 0.385 e. The van der Waals surface area contributed by atoms with E-state index < -0.39 is 15.6 Å². The van der Waals surface area contributed by atoms with Gasteiger partial charge in [-0.2, -0.15) is 0 Å². The second kappa shape index (κ2) is 11.3. The van der Waals surface area contributed by atoms with Crippen molar-refractivity contribution in [2.75, 3.05) is 38.5 Å². The molecule has 1 heterocycles. The topological polar surface area (TPSA) is 90.5 Å². The summed E-state index contributed by atoms with van der Waals surface area (Å²) in [7, 11) is -1.70. The molecule has 0 spiro atoms. The van der Waals surface area contributed by atoms with Gasteiger partial charge in [0.25, 0.3) is 5.91 Å². The lowest BCUT2D eigenvalue weighted by Crippen LogP contribution is -2.40. The predicted molar refractivity (Wildman–Crippen MR) is 138 cm³/mol. The van der Waals surface area contributed by atoms with E-state index >= 15 is 0 Å². The van der Waals surface area contributed by atoms with Crippen LogP contribution in [0.15, 0.2) is 53.4 Å². The first kappa shape index (κ1) is 26.2. The van der Waals surface area contributed by atoms with Gasteiger partial charge in [-0.25, -0.2) is 13.1 Å². The molecule has 186 valence electrons. The Morgan fingerprint density at radius 2 is 1.85 bits per heavy atom. The summed E-state index contributed by atoms with van der Waals surface area (Å²) in [6.07, 6.45) is 2.99. The number of likely N-dealkylation sites (tertiary alicyclic amines) is 1. The number of sulfonamides is 1. The van der Waals surface area contributed by atoms with Crippen LogP contribution in [0.4, 0.5) is 5.69 Å². The van der Waals surface area contributed by atoms with Gasteiger partial charge in [0.1, 0.15) is 0 Å². The SMILES string of the molecule is CN1CCCC(CNC(=O)c2cc(NCCc3ccccc3)cc(S(=O)(=O)NC(C)(C)C)c2)C1. The molecule has 8 heteroatoms. The molecule has 3 N–H and O–H groups in total. The molecule has 1 aliphatic rings. The highest BCUT2D eigenvalue weighted by Crippen LogP contribution is 2.21. The van der Waals surface area contributed by atoms with Gasteiger partial charge in [-0.3, -0.25) is 4.79 Å². The molecule has 1 fully saturated rings. The smallest absolute Gasteiger partial charge is 0.251 e. The van der Waals surface area contributed by atoms with Gasteiger partial charge in [-0.15, -0.1) is 0 Å². The number of nitrogens with zero attached hydrogens (tertiary/aromatic N) is 1. The maximum Gasteiger partial charge on any atom is 0.251 e. The number of rotatable bonds is 9. The Labute approximate surface area is 204 Å². The Hall–Kier alpha value is -2.42. The van der Waals surface area contributed by atoms with Crippen molar-refractivity contribution in [1.29, 1.82) is 0 Å². The maximum atomic E-state index is 13.0. The van der Waals surface area contributed by atoms with Crippen molar-refractivity contribution in [3.8, 4) is 0 Å². The number of hydrogen-bond acceptors (Lipinski definition) is 5. The molecule has 0 bridgehead atoms. The predicted octanol–water partition coefficient (Wildman–Crippen LogP) is 3.49. The number of nitrogens with one attached hydrogen (secondary N) is 3. The van der Waals surface area contributed by atoms with Crippen LogP contribution >= 0.6 is 0 Å². The number of benzene rings is 2. The summed E-state index contributed by atoms with van der Waals surface area (Å²) in [6, 6.07) is 14.8. The number of amides is 1. The molecule has 1 atom stereocenters. The molecule has 0 aliphatic carbocycles. The second-order valence-electron chi connectivity index (χ2n) is 10.2. The average molecular weight is 487 g/mol. The van der Waals surface area contributed by atoms with Crippen molar-refractivity contribution >= 4 is 21.6 Å². The molecular formula is C26H38N4O3S. The molecule has 2 aromatic carbocycles. The summed E-state index contributed by atoms with van der Waals surface area (Å²) in [6.45, 7) is 8.62. The third-order valence-corrected chi connectivity index (χ3v) is 7.52. The van der Waals surface area contributed by atoms with Gasteiger partial charge in [-0.05, 0) is 83.3 Å². The Morgan fingerprint density at radius 3 is 2.53 bits per heavy atom. The summed E-state index contributed by atoms with van der Waals surface area (Å²) in [5.41, 5.74) is 1.49. The molecule has 34 heavy (non-hydrogen) atoms. The van der Waals surface area contributed by atoms with E-state index in [-0.39, 0.29) is 10.8 Å². The monoisotopic (exact) mass is 486 g/mol. The molecule has 0 radical (unpaired) electrons. The fraction of sp³-hybridized carbons (Fsp3) is 0.500. The summed E-state index contributed by atoms with van der Waals surface area (Å²) in [5, 5.41) is 6.31. The fourth-order valence-corrected chi connectivity index (χ4v) is 5.71. The van der Waals surface area contributed by atoms with E-state index in [1.54, 1.807) is 32.9 Å². The summed E-state index contributed by atoms with van der Waals surface area (Å²) < 4.78 is 28.8. The van der Waals surface area contributed by atoms with Crippen molar-refractivity contribution in [3.05, 3.63) is 59.7 Å². The highest BCUT2D eigenvalue weighted by Gasteiger charge is 2.24. The zero-order chi connectivity index (χ0) is 24.8. The number of carbonyl (C=O) groups excluding carboxylic acids is 1. The first-order chi connectivity index (χ1) is 16.0. The van der Waals surface area contributed by atoms with Gasteiger partial charge < -0.3 is 15.5 Å². The Balaban J connectivity index is 1.77. The lowest BCUT2D eigenvalue weighted by molar-refractivity contribution is 0.0936. The van der Waals surface area contributed by atoms with E-state index in [9.17, 15) is 13.2 Å². The van der Waals surface area contributed by atoms with E-state index in [1.165, 1.54) is 11.6 Å². The van der Waals surface area contributed by atoms with Gasteiger partial charge in [0.15, 0.2) is 0 Å². The quantitative estimate of drug-likeness (QED) is 0.505. The summed E-state index contributed by atoms with van der Waals surface area (Å²) >= 11 is 0. The third-order valence-electron chi connectivity index (χ3n) is 5.78. The molecule has 1 amide bonds. The minimum absolute atomic E-state index is 0.0784. The first-order valence-corrected chi connectivity index (χ1v) is 13.4. The van der Waals surface area contributed by atoms with Gasteiger partial charge in [0.2, 0.25) is 10.0 Å². The van der Waals surface area contributed by atoms with Crippen LogP contribution in [0.2, 0.25) is 0 Å². The average Bonchev–Trinajstić information content (AvgIpc) is 2.76. The number of anilines is 1. The van der Waals surface area contributed by atoms with Crippen LogP contribution in [-0.2, 0) is 16.4 Å². The van der Waals surface area contributed by atoms with Crippen LogP contribution in [0.1, 0.15) is 49.5 Å². The lowest BCUT2D eigenvalue weighted by atomic mass is 9.98. The van der Waals surface area contributed by atoms with Crippen molar-refractivity contribution < 1.29 is 13.2 Å². The Morgan fingerprint density at radius 1 is 1.12 bits per heavy atom. The van der Waals surface area contributed by atoms with Gasteiger partial charge >= 0.3 is 0 Å². The normalized spacial score (nSPS) is 17.4. The molecule has 0 saturated carbocycles. The minimum Gasteiger partial charge on any atom is -0.385 e. The molecule has 1 saturated heterocycles. The molecular weight excluding hydrogens is 448 g/mol. The molecule has 1 aliphatic heterocycles. The second-order valence-corrected chi connectivity index (χ2v) is 11.9. The van der Waals surface area contributed by atoms with Crippen LogP contribution < -0.4 is 15.4 Å². The zero-order valence-corrected chi connectivity index (χ0v) is 21.5. The van der Waals surface area contributed by atoms with Crippen molar-refractivity contribution in [2.45, 2.75) is 50.5 Å². The van der Waals surface area contributed by atoms with Crippen molar-refractivity contribution in [2.24, 2.45) is 5.92 Å². The summed E-state index contributed by atoms with van der Waals surface area (Å²) in [5.74, 6) is 0.146. The van der Waals surface area contributed by atoms with Crippen LogP contribution in [0, 0.1) is 5.92 Å². The Kier molecular flexibility index (Phi) is 8.73. The van der Waals surface area contributed by atoms with E-state index in [1.807, 2.05) is 18.2 Å². The fourth-order valence-electron chi connectivity index (χ4n) is 4.22. The van der Waals surface area contributed by atoms with E-state index in [2.05, 4.69) is 39.4 Å². The molecule has 1 unspecified atom stereocenters. The lowest BCUT2D eigenvalue weighted by Gasteiger charge is -2.29. The summed E-state index contributed by atoms with van der Waals surface area (Å²) in [4.78, 5) is 15.4. The van der Waals surface area contributed by atoms with E-state index in [0.29, 0.717) is 30.3 Å². The van der Waals surface area contributed by atoms with Crippen LogP contribution in [0.25, 0.3) is 0 Å². The zero-order valence-electron chi connectivity index (χ0n) is 20.7. The van der Waals surface area contributed by atoms with Crippen LogP contribution in [0.5, 0.6) is 0 Å². The molecule has 7 nitrogen and oxygen atoms in total. The maximum absolute atomic E-state index is 13.0. The van der Waals surface area contributed by atoms with Gasteiger partial charge in [-0.1, -0.05) is 30.3 Å². The first-order valence-electron chi connectivity index (χ1n) is 12.0. The van der Waals surface area contributed by atoms with Gasteiger partial charge in [0.05, 0.1) is 4.90 Å². The van der Waals surface area contributed by atoms with Crippen LogP contribution in [0.3, 0.4) is 0 Å². The van der Waals surface area contributed by atoms with E-state index in [4.69, 9.17) is 0 Å². The minimum atomic E-state index is -3.79. The van der Waals surface area contributed by atoms with E-state index in [0.717, 1.165) is 32.4 Å². The van der Waals surface area contributed by atoms with Crippen molar-refractivity contribution in [3.63, 3.8) is 0 Å². The van der Waals surface area contributed by atoms with Crippen molar-refractivity contribution in [1.82, 2.24) is 14.9 Å². The standard InChI is InChI=1S/C26H38N4O3S/c1-26(2,3)29-34(32,33)24-16-22(25(31)28-18-21-11-8-14-30(4)19-21)15-23(17-24)27-13-12-20-9-6-5-7-10-20/h5-7,9-10,15-17,21,27,29H,8,11-14,18-19H2,1-4H3,(H,28,31). The third kappa shape index (κ3) is 8.11. The Bertz CT molecular complexity index is 1070. The number of hydrogen-bond donors (Lipinski definition) is 3. The molecule has 3 rings (SSSR count). The number of carbonyl (C=O) groups is 1. The number of piperidine rings is 1. The molecule has 2 aromatic rings.